The number of aromatic nitrogens is 1. The van der Waals surface area contributed by atoms with Crippen LogP contribution in [0.5, 0.6) is 0 Å². The number of carbonyl (C=O) groups excluding carboxylic acids is 1. The zero-order valence-electron chi connectivity index (χ0n) is 9.59. The lowest BCUT2D eigenvalue weighted by Gasteiger charge is -2.20. The maximum Gasteiger partial charge on any atom is 0.133 e. The van der Waals surface area contributed by atoms with Gasteiger partial charge < -0.3 is 0 Å². The Labute approximate surface area is 94.7 Å². The summed E-state index contributed by atoms with van der Waals surface area (Å²) in [6, 6.07) is 0. The first-order valence-electron chi connectivity index (χ1n) is 5.43. The van der Waals surface area contributed by atoms with Gasteiger partial charge in [-0.25, -0.2) is 4.98 Å². The van der Waals surface area contributed by atoms with Crippen LogP contribution in [0.25, 0.3) is 0 Å². The van der Waals surface area contributed by atoms with E-state index in [9.17, 15) is 4.79 Å². The Morgan fingerprint density at radius 3 is 2.67 bits per heavy atom. The van der Waals surface area contributed by atoms with Gasteiger partial charge in [0.15, 0.2) is 0 Å². The van der Waals surface area contributed by atoms with Crippen molar-refractivity contribution in [2.45, 2.75) is 46.5 Å². The predicted octanol–water partition coefficient (Wildman–Crippen LogP) is 3.06. The standard InChI is InChI=1S/C12H17NOS/c1-8-9(2)15-11(13-8)7-12(3)5-4-10(14)6-12/h4-7H2,1-3H3. The minimum absolute atomic E-state index is 0.174. The fraction of sp³-hybridized carbons (Fsp3) is 0.667. The van der Waals surface area contributed by atoms with Gasteiger partial charge in [-0.3, -0.25) is 4.79 Å². The lowest BCUT2D eigenvalue weighted by atomic mass is 9.85. The first-order chi connectivity index (χ1) is 6.98. The summed E-state index contributed by atoms with van der Waals surface area (Å²) < 4.78 is 0. The minimum Gasteiger partial charge on any atom is -0.300 e. The van der Waals surface area contributed by atoms with Gasteiger partial charge in [0.2, 0.25) is 0 Å². The first-order valence-corrected chi connectivity index (χ1v) is 6.25. The highest BCUT2D eigenvalue weighted by Gasteiger charge is 2.34. The quantitative estimate of drug-likeness (QED) is 0.771. The fourth-order valence-electron chi connectivity index (χ4n) is 2.22. The number of Topliss-reactive ketones (excluding diaryl/α,β-unsaturated/α-hetero) is 1. The monoisotopic (exact) mass is 223 g/mol. The summed E-state index contributed by atoms with van der Waals surface area (Å²) in [5.41, 5.74) is 1.32. The van der Waals surface area contributed by atoms with Crippen LogP contribution in [0.4, 0.5) is 0 Å². The minimum atomic E-state index is 0.174. The van der Waals surface area contributed by atoms with Crippen molar-refractivity contribution in [2.24, 2.45) is 5.41 Å². The molecule has 1 heterocycles. The molecule has 0 aromatic carbocycles. The molecule has 0 spiro atoms. The van der Waals surface area contributed by atoms with Crippen LogP contribution in [-0.4, -0.2) is 10.8 Å². The van der Waals surface area contributed by atoms with Crippen molar-refractivity contribution in [3.63, 3.8) is 0 Å². The van der Waals surface area contributed by atoms with Gasteiger partial charge in [-0.15, -0.1) is 11.3 Å². The van der Waals surface area contributed by atoms with E-state index in [1.165, 1.54) is 9.88 Å². The van der Waals surface area contributed by atoms with E-state index in [-0.39, 0.29) is 5.41 Å². The number of hydrogen-bond acceptors (Lipinski definition) is 3. The van der Waals surface area contributed by atoms with Gasteiger partial charge in [0.25, 0.3) is 0 Å². The Morgan fingerprint density at radius 1 is 1.47 bits per heavy atom. The molecule has 0 N–H and O–H groups in total. The highest BCUT2D eigenvalue weighted by molar-refractivity contribution is 7.11. The van der Waals surface area contributed by atoms with Crippen LogP contribution in [0.2, 0.25) is 0 Å². The van der Waals surface area contributed by atoms with Gasteiger partial charge in [0, 0.05) is 24.1 Å². The smallest absolute Gasteiger partial charge is 0.133 e. The molecule has 1 atom stereocenters. The average molecular weight is 223 g/mol. The van der Waals surface area contributed by atoms with Crippen LogP contribution in [0.1, 0.15) is 41.8 Å². The van der Waals surface area contributed by atoms with Crippen molar-refractivity contribution in [1.82, 2.24) is 4.98 Å². The zero-order valence-corrected chi connectivity index (χ0v) is 10.4. The van der Waals surface area contributed by atoms with Gasteiger partial charge in [-0.2, -0.15) is 0 Å². The summed E-state index contributed by atoms with van der Waals surface area (Å²) in [5, 5.41) is 1.20. The third-order valence-corrected chi connectivity index (χ3v) is 4.36. The molecule has 1 unspecified atom stereocenters. The molecule has 2 nitrogen and oxygen atoms in total. The van der Waals surface area contributed by atoms with Gasteiger partial charge in [-0.1, -0.05) is 6.92 Å². The molecule has 1 aromatic heterocycles. The van der Waals surface area contributed by atoms with Crippen LogP contribution in [-0.2, 0) is 11.2 Å². The van der Waals surface area contributed by atoms with Crippen molar-refractivity contribution in [1.29, 1.82) is 0 Å². The summed E-state index contributed by atoms with van der Waals surface area (Å²) in [7, 11) is 0. The first kappa shape index (κ1) is 10.8. The van der Waals surface area contributed by atoms with Gasteiger partial charge in [0.05, 0.1) is 10.7 Å². The molecule has 0 amide bonds. The molecular weight excluding hydrogens is 206 g/mol. The second-order valence-corrected chi connectivity index (χ2v) is 6.24. The molecule has 82 valence electrons. The van der Waals surface area contributed by atoms with E-state index < -0.39 is 0 Å². The van der Waals surface area contributed by atoms with Crippen LogP contribution < -0.4 is 0 Å². The number of nitrogens with zero attached hydrogens (tertiary/aromatic N) is 1. The van der Waals surface area contributed by atoms with E-state index >= 15 is 0 Å². The second kappa shape index (κ2) is 3.71. The fourth-order valence-corrected chi connectivity index (χ4v) is 3.37. The van der Waals surface area contributed by atoms with Gasteiger partial charge >= 0.3 is 0 Å². The summed E-state index contributed by atoms with van der Waals surface area (Å²) in [4.78, 5) is 17.2. The van der Waals surface area contributed by atoms with Crippen molar-refractivity contribution in [3.05, 3.63) is 15.6 Å². The van der Waals surface area contributed by atoms with Gasteiger partial charge in [-0.05, 0) is 25.7 Å². The second-order valence-electron chi connectivity index (χ2n) is 4.95. The number of ketones is 1. The number of hydrogen-bond donors (Lipinski definition) is 0. The zero-order chi connectivity index (χ0) is 11.1. The molecule has 15 heavy (non-hydrogen) atoms. The third kappa shape index (κ3) is 2.28. The molecule has 3 heteroatoms. The van der Waals surface area contributed by atoms with Crippen LogP contribution >= 0.6 is 11.3 Å². The van der Waals surface area contributed by atoms with Gasteiger partial charge in [0.1, 0.15) is 5.78 Å². The molecular formula is C12H17NOS. The molecule has 1 fully saturated rings. The molecule has 0 aliphatic heterocycles. The van der Waals surface area contributed by atoms with E-state index in [0.29, 0.717) is 5.78 Å². The number of aryl methyl sites for hydroxylation is 2. The average Bonchev–Trinajstić information content (AvgIpc) is 2.58. The molecule has 0 saturated heterocycles. The third-order valence-electron chi connectivity index (χ3n) is 3.28. The largest absolute Gasteiger partial charge is 0.300 e. The Hall–Kier alpha value is -0.700. The van der Waals surface area contributed by atoms with Crippen molar-refractivity contribution < 1.29 is 4.79 Å². The Balaban J connectivity index is 2.11. The van der Waals surface area contributed by atoms with E-state index in [1.54, 1.807) is 11.3 Å². The Morgan fingerprint density at radius 2 is 2.20 bits per heavy atom. The molecule has 1 aliphatic carbocycles. The molecule has 1 aromatic rings. The topological polar surface area (TPSA) is 30.0 Å². The molecule has 1 saturated carbocycles. The normalized spacial score (nSPS) is 26.2. The SMILES string of the molecule is Cc1nc(CC2(C)CCC(=O)C2)sc1C. The predicted molar refractivity (Wildman–Crippen MR) is 62.3 cm³/mol. The molecule has 0 bridgehead atoms. The summed E-state index contributed by atoms with van der Waals surface area (Å²) in [6.45, 7) is 6.38. The molecule has 1 aliphatic rings. The molecule has 0 radical (unpaired) electrons. The lowest BCUT2D eigenvalue weighted by molar-refractivity contribution is -0.117. The molecule has 2 rings (SSSR count). The highest BCUT2D eigenvalue weighted by Crippen LogP contribution is 2.39. The van der Waals surface area contributed by atoms with E-state index in [4.69, 9.17) is 0 Å². The van der Waals surface area contributed by atoms with Crippen LogP contribution in [0, 0.1) is 19.3 Å². The van der Waals surface area contributed by atoms with Crippen molar-refractivity contribution >= 4 is 17.1 Å². The van der Waals surface area contributed by atoms with Crippen LogP contribution in [0.15, 0.2) is 0 Å². The van der Waals surface area contributed by atoms with Crippen molar-refractivity contribution in [2.75, 3.05) is 0 Å². The summed E-state index contributed by atoms with van der Waals surface area (Å²) in [5.74, 6) is 0.419. The van der Waals surface area contributed by atoms with E-state index in [0.717, 1.165) is 31.4 Å². The Bertz CT molecular complexity index is 377. The summed E-state index contributed by atoms with van der Waals surface area (Å²) in [6.07, 6.45) is 3.51. The maximum absolute atomic E-state index is 11.3. The Kier molecular flexibility index (Phi) is 2.67. The summed E-state index contributed by atoms with van der Waals surface area (Å²) >= 11 is 1.78. The van der Waals surface area contributed by atoms with Crippen molar-refractivity contribution in [3.8, 4) is 0 Å². The lowest BCUT2D eigenvalue weighted by Crippen LogP contribution is -2.15. The van der Waals surface area contributed by atoms with E-state index in [2.05, 4.69) is 25.8 Å². The maximum atomic E-state index is 11.3. The van der Waals surface area contributed by atoms with Crippen LogP contribution in [0.3, 0.4) is 0 Å². The van der Waals surface area contributed by atoms with E-state index in [1.807, 2.05) is 0 Å². The number of rotatable bonds is 2. The number of carbonyl (C=O) groups is 1. The number of thiazole rings is 1. The highest BCUT2D eigenvalue weighted by atomic mass is 32.1.